The van der Waals surface area contributed by atoms with E-state index in [1.807, 2.05) is 33.9 Å². The largest absolute Gasteiger partial charge is 0.497 e. The minimum absolute atomic E-state index is 0.218. The highest BCUT2D eigenvalue weighted by Crippen LogP contribution is 2.48. The minimum Gasteiger partial charge on any atom is -0.497 e. The van der Waals surface area contributed by atoms with Crippen molar-refractivity contribution in [3.8, 4) is 0 Å². The lowest BCUT2D eigenvalue weighted by atomic mass is 9.95. The Morgan fingerprint density at radius 3 is 1.97 bits per heavy atom. The number of hydrogen-bond acceptors (Lipinski definition) is 6. The highest BCUT2D eigenvalue weighted by atomic mass is 32.2. The van der Waals surface area contributed by atoms with Gasteiger partial charge in [0, 0.05) is 12.5 Å². The molecule has 7 nitrogen and oxygen atoms in total. The van der Waals surface area contributed by atoms with E-state index in [1.165, 1.54) is 45.0 Å². The second-order valence-corrected chi connectivity index (χ2v) is 17.6. The molecule has 1 saturated heterocycles. The summed E-state index contributed by atoms with van der Waals surface area (Å²) in [5.41, 5.74) is -1.19. The smallest absolute Gasteiger partial charge is 0.442 e. The number of carboxylic acid groups (broad SMARTS) is 1. The number of benzene rings is 1. The van der Waals surface area contributed by atoms with Crippen molar-refractivity contribution < 1.29 is 39.6 Å². The number of carbonyl (C=O) groups excluding carboxylic acids is 1. The van der Waals surface area contributed by atoms with Gasteiger partial charge in [-0.25, -0.2) is 13.0 Å². The highest BCUT2D eigenvalue weighted by Gasteiger charge is 2.67. The summed E-state index contributed by atoms with van der Waals surface area (Å²) in [4.78, 5) is 12.5. The Balaban J connectivity index is 2.78. The molecule has 0 saturated carbocycles. The van der Waals surface area contributed by atoms with Crippen LogP contribution in [-0.4, -0.2) is 44.9 Å². The SMILES string of the molecule is CC(F)(F)c1ccc(C(O[Si](C)(C)C(C)(C)C)[C@H]2COS(=O)(=O)[N+]2(C(=O)[O-])C(C)(C)C)cc1. The van der Waals surface area contributed by atoms with E-state index in [0.29, 0.717) is 5.56 Å². The molecule has 33 heavy (non-hydrogen) atoms. The summed E-state index contributed by atoms with van der Waals surface area (Å²) >= 11 is 0. The van der Waals surface area contributed by atoms with Crippen molar-refractivity contribution in [2.75, 3.05) is 6.61 Å². The summed E-state index contributed by atoms with van der Waals surface area (Å²) in [6.45, 7) is 14.6. The topological polar surface area (TPSA) is 92.7 Å². The van der Waals surface area contributed by atoms with Gasteiger partial charge in [0.25, 0.3) is 12.0 Å². The van der Waals surface area contributed by atoms with Crippen LogP contribution in [0.25, 0.3) is 0 Å². The number of alkyl halides is 2. The van der Waals surface area contributed by atoms with Crippen LogP contribution in [0.2, 0.25) is 18.1 Å². The molecule has 188 valence electrons. The van der Waals surface area contributed by atoms with E-state index < -0.39 is 58.8 Å². The van der Waals surface area contributed by atoms with Gasteiger partial charge in [0.05, 0.1) is 0 Å². The normalized spacial score (nSPS) is 25.1. The predicted molar refractivity (Wildman–Crippen MR) is 121 cm³/mol. The Kier molecular flexibility index (Phi) is 7.06. The number of rotatable bonds is 5. The lowest BCUT2D eigenvalue weighted by Crippen LogP contribution is -2.73. The van der Waals surface area contributed by atoms with Gasteiger partial charge < -0.3 is 14.3 Å². The molecule has 1 aliphatic rings. The summed E-state index contributed by atoms with van der Waals surface area (Å²) in [6.07, 6.45) is -2.88. The zero-order chi connectivity index (χ0) is 25.8. The van der Waals surface area contributed by atoms with Gasteiger partial charge in [-0.1, -0.05) is 45.0 Å². The van der Waals surface area contributed by atoms with Crippen LogP contribution in [0.5, 0.6) is 0 Å². The van der Waals surface area contributed by atoms with Gasteiger partial charge in [-0.2, -0.15) is 0 Å². The lowest BCUT2D eigenvalue weighted by molar-refractivity contribution is -0.829. The molecule has 0 N–H and O–H groups in total. The van der Waals surface area contributed by atoms with Crippen molar-refractivity contribution in [3.05, 3.63) is 35.4 Å². The summed E-state index contributed by atoms with van der Waals surface area (Å²) in [5.74, 6) is -3.07. The van der Waals surface area contributed by atoms with E-state index in [1.54, 1.807) is 0 Å². The summed E-state index contributed by atoms with van der Waals surface area (Å²) in [7, 11) is -7.23. The third-order valence-electron chi connectivity index (χ3n) is 6.80. The fourth-order valence-corrected chi connectivity index (χ4v) is 7.07. The summed E-state index contributed by atoms with van der Waals surface area (Å²) in [6, 6.07) is 4.13. The van der Waals surface area contributed by atoms with Crippen LogP contribution in [-0.2, 0) is 24.8 Å². The molecular formula is C22H35F2NO6SSi. The van der Waals surface area contributed by atoms with Crippen molar-refractivity contribution >= 4 is 24.7 Å². The van der Waals surface area contributed by atoms with Gasteiger partial charge in [0.2, 0.25) is 0 Å². The first-order chi connectivity index (χ1) is 14.6. The third-order valence-corrected chi connectivity index (χ3v) is 13.4. The Morgan fingerprint density at radius 1 is 1.12 bits per heavy atom. The van der Waals surface area contributed by atoms with Gasteiger partial charge in [-0.3, -0.25) is 0 Å². The van der Waals surface area contributed by atoms with Crippen LogP contribution in [0, 0.1) is 0 Å². The number of quaternary nitrogens is 1. The Hall–Kier alpha value is -1.40. The van der Waals surface area contributed by atoms with Gasteiger partial charge in [0.15, 0.2) is 14.4 Å². The van der Waals surface area contributed by atoms with Crippen LogP contribution < -0.4 is 5.11 Å². The molecule has 0 bridgehead atoms. The quantitative estimate of drug-likeness (QED) is 0.431. The van der Waals surface area contributed by atoms with Crippen LogP contribution in [0.4, 0.5) is 13.6 Å². The average Bonchev–Trinajstić information content (AvgIpc) is 2.89. The van der Waals surface area contributed by atoms with E-state index in [-0.39, 0.29) is 10.6 Å². The number of carbonyl (C=O) groups is 1. The standard InChI is InChI=1S/C22H35F2NO6SSi/c1-20(2,3)25(19(26)27)17(14-30-32(25,28)29)18(31-33(8,9)21(4,5)6)15-10-12-16(13-11-15)22(7,23)24/h10-13,17-18H,14H2,1-9H3/t17-,18?,25?/m1/s1. The van der Waals surface area contributed by atoms with Crippen molar-refractivity contribution in [1.82, 2.24) is 0 Å². The monoisotopic (exact) mass is 507 g/mol. The first kappa shape index (κ1) is 27.8. The minimum atomic E-state index is -4.64. The molecule has 0 radical (unpaired) electrons. The second kappa shape index (κ2) is 8.37. The first-order valence-corrected chi connectivity index (χ1v) is 15.0. The number of halogens is 2. The molecule has 1 heterocycles. The van der Waals surface area contributed by atoms with Crippen LogP contribution >= 0.6 is 0 Å². The fraction of sp³-hybridized carbons (Fsp3) is 0.682. The average molecular weight is 508 g/mol. The van der Waals surface area contributed by atoms with Gasteiger partial charge in [-0.05, 0) is 44.5 Å². The molecule has 11 heteroatoms. The molecule has 0 spiro atoms. The molecule has 1 amide bonds. The highest BCUT2D eigenvalue weighted by molar-refractivity contribution is 7.81. The summed E-state index contributed by atoms with van der Waals surface area (Å²) in [5, 5.41) is 12.2. The molecule has 2 unspecified atom stereocenters. The van der Waals surface area contributed by atoms with Crippen LogP contribution in [0.1, 0.15) is 65.7 Å². The molecule has 1 fully saturated rings. The maximum absolute atomic E-state index is 13.8. The Morgan fingerprint density at radius 2 is 1.61 bits per heavy atom. The Bertz CT molecular complexity index is 994. The molecule has 0 aliphatic carbocycles. The second-order valence-electron chi connectivity index (χ2n) is 11.2. The molecular weight excluding hydrogens is 472 g/mol. The van der Waals surface area contributed by atoms with E-state index in [9.17, 15) is 27.1 Å². The van der Waals surface area contributed by atoms with E-state index in [2.05, 4.69) is 0 Å². The van der Waals surface area contributed by atoms with Gasteiger partial charge >= 0.3 is 10.3 Å². The molecule has 1 aliphatic heterocycles. The molecule has 1 aromatic rings. The third kappa shape index (κ3) is 4.75. The summed E-state index contributed by atoms with van der Waals surface area (Å²) < 4.78 is 63.9. The van der Waals surface area contributed by atoms with Gasteiger partial charge in [-0.15, -0.1) is 12.3 Å². The maximum atomic E-state index is 13.8. The van der Waals surface area contributed by atoms with E-state index in [4.69, 9.17) is 8.61 Å². The molecule has 3 atom stereocenters. The predicted octanol–water partition coefficient (Wildman–Crippen LogP) is 4.46. The Labute approximate surface area is 196 Å². The van der Waals surface area contributed by atoms with Crippen molar-refractivity contribution in [2.45, 2.75) is 90.2 Å². The van der Waals surface area contributed by atoms with Gasteiger partial charge in [0.1, 0.15) is 18.2 Å². The van der Waals surface area contributed by atoms with Crippen molar-refractivity contribution in [3.63, 3.8) is 0 Å². The van der Waals surface area contributed by atoms with Crippen molar-refractivity contribution in [1.29, 1.82) is 0 Å². The first-order valence-electron chi connectivity index (χ1n) is 10.8. The number of nitrogens with zero attached hydrogens (tertiary/aromatic N) is 1. The zero-order valence-electron chi connectivity index (χ0n) is 20.7. The van der Waals surface area contributed by atoms with E-state index in [0.717, 1.165) is 6.92 Å². The zero-order valence-corrected chi connectivity index (χ0v) is 22.5. The van der Waals surface area contributed by atoms with E-state index >= 15 is 0 Å². The lowest BCUT2D eigenvalue weighted by Gasteiger charge is -2.48. The van der Waals surface area contributed by atoms with Crippen LogP contribution in [0.15, 0.2) is 24.3 Å². The van der Waals surface area contributed by atoms with Crippen molar-refractivity contribution in [2.24, 2.45) is 0 Å². The molecule has 0 aromatic heterocycles. The maximum Gasteiger partial charge on any atom is 0.442 e. The number of hydrogen-bond donors (Lipinski definition) is 0. The fourth-order valence-electron chi connectivity index (χ4n) is 3.95. The molecule has 1 aromatic carbocycles. The van der Waals surface area contributed by atoms with Crippen LogP contribution in [0.3, 0.4) is 0 Å². The number of amides is 1. The molecule has 2 rings (SSSR count).